The molecule has 0 saturated heterocycles. The van der Waals surface area contributed by atoms with Crippen LogP contribution < -0.4 is 14.8 Å². The van der Waals surface area contributed by atoms with Crippen molar-refractivity contribution in [2.75, 3.05) is 13.7 Å². The molecule has 2 atom stereocenters. The number of nitrogens with one attached hydrogen (secondary N) is 1. The van der Waals surface area contributed by atoms with Gasteiger partial charge in [-0.15, -0.1) is 0 Å². The number of amides is 1. The van der Waals surface area contributed by atoms with E-state index < -0.39 is 5.97 Å². The highest BCUT2D eigenvalue weighted by molar-refractivity contribution is 5.80. The summed E-state index contributed by atoms with van der Waals surface area (Å²) >= 11 is 0. The lowest BCUT2D eigenvalue weighted by molar-refractivity contribution is -0.137. The number of carbonyl (C=O) groups is 2. The number of methoxy groups -OCH3 is 1. The van der Waals surface area contributed by atoms with Crippen molar-refractivity contribution < 1.29 is 24.2 Å². The van der Waals surface area contributed by atoms with Gasteiger partial charge < -0.3 is 19.9 Å². The monoisotopic (exact) mass is 307 g/mol. The van der Waals surface area contributed by atoms with Gasteiger partial charge in [-0.25, -0.2) is 0 Å². The van der Waals surface area contributed by atoms with E-state index in [1.807, 2.05) is 25.1 Å². The van der Waals surface area contributed by atoms with Crippen LogP contribution in [0.5, 0.6) is 11.5 Å². The number of carboxylic acids is 1. The normalized spacial score (nSPS) is 17.8. The van der Waals surface area contributed by atoms with Crippen molar-refractivity contribution in [2.45, 2.75) is 32.2 Å². The molecule has 2 N–H and O–H groups in total. The maximum atomic E-state index is 12.2. The van der Waals surface area contributed by atoms with E-state index in [0.29, 0.717) is 19.4 Å². The summed E-state index contributed by atoms with van der Waals surface area (Å²) in [6, 6.07) is 5.38. The molecule has 1 aromatic carbocycles. The molecule has 0 saturated carbocycles. The molecular weight excluding hydrogens is 286 g/mol. The lowest BCUT2D eigenvalue weighted by atomic mass is 9.95. The standard InChI is InChI=1S/C16H21NO5/c1-10(3-6-15(18)19)17-16(20)12-7-11-8-13(21-2)4-5-14(11)22-9-12/h4-5,8,10,12H,3,6-7,9H2,1-2H3,(H,17,20)(H,18,19). The van der Waals surface area contributed by atoms with Crippen LogP contribution in [0.2, 0.25) is 0 Å². The molecule has 1 amide bonds. The first-order valence-corrected chi connectivity index (χ1v) is 7.31. The van der Waals surface area contributed by atoms with Crippen LogP contribution in [0.15, 0.2) is 18.2 Å². The van der Waals surface area contributed by atoms with Crippen LogP contribution in [0, 0.1) is 5.92 Å². The number of hydrogen-bond acceptors (Lipinski definition) is 4. The van der Waals surface area contributed by atoms with E-state index in [2.05, 4.69) is 5.32 Å². The Kier molecular flexibility index (Phi) is 5.25. The minimum absolute atomic E-state index is 0.0443. The second kappa shape index (κ2) is 7.15. The van der Waals surface area contributed by atoms with Crippen molar-refractivity contribution in [1.82, 2.24) is 5.32 Å². The molecule has 22 heavy (non-hydrogen) atoms. The summed E-state index contributed by atoms with van der Waals surface area (Å²) in [5.74, 6) is 0.281. The van der Waals surface area contributed by atoms with E-state index in [9.17, 15) is 9.59 Å². The smallest absolute Gasteiger partial charge is 0.303 e. The second-order valence-electron chi connectivity index (χ2n) is 5.53. The Balaban J connectivity index is 1.93. The van der Waals surface area contributed by atoms with Crippen molar-refractivity contribution >= 4 is 11.9 Å². The molecule has 1 aliphatic heterocycles. The average molecular weight is 307 g/mol. The summed E-state index contributed by atoms with van der Waals surface area (Å²) < 4.78 is 10.8. The van der Waals surface area contributed by atoms with Crippen molar-refractivity contribution in [3.05, 3.63) is 23.8 Å². The molecule has 1 aliphatic rings. The van der Waals surface area contributed by atoms with E-state index >= 15 is 0 Å². The number of rotatable bonds is 6. The maximum absolute atomic E-state index is 12.2. The number of ether oxygens (including phenoxy) is 2. The predicted octanol–water partition coefficient (Wildman–Crippen LogP) is 1.62. The molecule has 0 fully saturated rings. The summed E-state index contributed by atoms with van der Waals surface area (Å²) in [7, 11) is 1.60. The van der Waals surface area contributed by atoms with Gasteiger partial charge in [-0.3, -0.25) is 9.59 Å². The van der Waals surface area contributed by atoms with Gasteiger partial charge >= 0.3 is 5.97 Å². The fourth-order valence-corrected chi connectivity index (χ4v) is 2.44. The van der Waals surface area contributed by atoms with Gasteiger partial charge in [0.2, 0.25) is 5.91 Å². The van der Waals surface area contributed by atoms with Crippen LogP contribution in [0.4, 0.5) is 0 Å². The van der Waals surface area contributed by atoms with Crippen molar-refractivity contribution in [3.8, 4) is 11.5 Å². The topological polar surface area (TPSA) is 84.9 Å². The number of carboxylic acid groups (broad SMARTS) is 1. The summed E-state index contributed by atoms with van der Waals surface area (Å²) in [4.78, 5) is 22.8. The fraction of sp³-hybridized carbons (Fsp3) is 0.500. The highest BCUT2D eigenvalue weighted by Crippen LogP contribution is 2.30. The van der Waals surface area contributed by atoms with Gasteiger partial charge in [0.25, 0.3) is 0 Å². The number of benzene rings is 1. The number of hydrogen-bond donors (Lipinski definition) is 2. The van der Waals surface area contributed by atoms with E-state index in [1.54, 1.807) is 7.11 Å². The SMILES string of the molecule is COc1ccc2c(c1)CC(C(=O)NC(C)CCC(=O)O)CO2. The molecule has 120 valence electrons. The van der Waals surface area contributed by atoms with Crippen LogP contribution in [0.25, 0.3) is 0 Å². The average Bonchev–Trinajstić information content (AvgIpc) is 2.51. The zero-order chi connectivity index (χ0) is 16.1. The van der Waals surface area contributed by atoms with E-state index in [4.69, 9.17) is 14.6 Å². The molecule has 2 unspecified atom stereocenters. The summed E-state index contributed by atoms with van der Waals surface area (Å²) in [6.45, 7) is 2.14. The Morgan fingerprint density at radius 2 is 2.27 bits per heavy atom. The van der Waals surface area contributed by atoms with Gasteiger partial charge in [0, 0.05) is 12.5 Å². The first-order valence-electron chi connectivity index (χ1n) is 7.31. The van der Waals surface area contributed by atoms with Crippen molar-refractivity contribution in [1.29, 1.82) is 0 Å². The molecule has 2 rings (SSSR count). The molecule has 0 aliphatic carbocycles. The quantitative estimate of drug-likeness (QED) is 0.834. The molecule has 0 radical (unpaired) electrons. The second-order valence-corrected chi connectivity index (χ2v) is 5.53. The Morgan fingerprint density at radius 3 is 2.95 bits per heavy atom. The molecule has 6 heteroatoms. The summed E-state index contributed by atoms with van der Waals surface area (Å²) in [5, 5.41) is 11.5. The van der Waals surface area contributed by atoms with E-state index in [1.165, 1.54) is 0 Å². The Morgan fingerprint density at radius 1 is 1.50 bits per heavy atom. The van der Waals surface area contributed by atoms with Crippen LogP contribution in [-0.4, -0.2) is 36.7 Å². The third-order valence-corrected chi connectivity index (χ3v) is 3.72. The lowest BCUT2D eigenvalue weighted by Crippen LogP contribution is -2.41. The van der Waals surface area contributed by atoms with Gasteiger partial charge in [0.1, 0.15) is 18.1 Å². The third kappa shape index (κ3) is 4.13. The minimum atomic E-state index is -0.858. The van der Waals surface area contributed by atoms with E-state index in [0.717, 1.165) is 17.1 Å². The molecule has 1 heterocycles. The van der Waals surface area contributed by atoms with Gasteiger partial charge in [-0.2, -0.15) is 0 Å². The number of carbonyl (C=O) groups excluding carboxylic acids is 1. The van der Waals surface area contributed by atoms with E-state index in [-0.39, 0.29) is 24.3 Å². The van der Waals surface area contributed by atoms with Gasteiger partial charge in [-0.05, 0) is 43.5 Å². The number of fused-ring (bicyclic) bond motifs is 1. The van der Waals surface area contributed by atoms with Gasteiger partial charge in [-0.1, -0.05) is 0 Å². The highest BCUT2D eigenvalue weighted by Gasteiger charge is 2.27. The van der Waals surface area contributed by atoms with Gasteiger partial charge in [0.15, 0.2) is 0 Å². The number of aliphatic carboxylic acids is 1. The zero-order valence-corrected chi connectivity index (χ0v) is 12.8. The first kappa shape index (κ1) is 16.1. The predicted molar refractivity (Wildman–Crippen MR) is 80.2 cm³/mol. The molecule has 0 bridgehead atoms. The molecule has 6 nitrogen and oxygen atoms in total. The molecule has 0 aromatic heterocycles. The van der Waals surface area contributed by atoms with Crippen LogP contribution in [-0.2, 0) is 16.0 Å². The lowest BCUT2D eigenvalue weighted by Gasteiger charge is -2.26. The van der Waals surface area contributed by atoms with Crippen LogP contribution in [0.3, 0.4) is 0 Å². The largest absolute Gasteiger partial charge is 0.497 e. The first-order chi connectivity index (χ1) is 10.5. The minimum Gasteiger partial charge on any atom is -0.497 e. The summed E-state index contributed by atoms with van der Waals surface area (Å²) in [6.07, 6.45) is 1.05. The molecule has 1 aromatic rings. The fourth-order valence-electron chi connectivity index (χ4n) is 2.44. The van der Waals surface area contributed by atoms with Crippen LogP contribution in [0.1, 0.15) is 25.3 Å². The zero-order valence-electron chi connectivity index (χ0n) is 12.8. The third-order valence-electron chi connectivity index (χ3n) is 3.72. The highest BCUT2D eigenvalue weighted by atomic mass is 16.5. The van der Waals surface area contributed by atoms with Gasteiger partial charge in [0.05, 0.1) is 13.0 Å². The van der Waals surface area contributed by atoms with Crippen molar-refractivity contribution in [2.24, 2.45) is 5.92 Å². The molecular formula is C16H21NO5. The summed E-state index contributed by atoms with van der Waals surface area (Å²) in [5.41, 5.74) is 0.948. The Bertz CT molecular complexity index is 557. The molecule has 0 spiro atoms. The maximum Gasteiger partial charge on any atom is 0.303 e. The van der Waals surface area contributed by atoms with Crippen LogP contribution >= 0.6 is 0 Å². The Hall–Kier alpha value is -2.24. The Labute approximate surface area is 129 Å². The van der Waals surface area contributed by atoms with Crippen molar-refractivity contribution in [3.63, 3.8) is 0 Å².